The van der Waals surface area contributed by atoms with Crippen LogP contribution in [-0.4, -0.2) is 27.3 Å². The summed E-state index contributed by atoms with van der Waals surface area (Å²) in [6.07, 6.45) is 1.90. The van der Waals surface area contributed by atoms with Crippen LogP contribution in [0.2, 0.25) is 5.02 Å². The first-order valence-corrected chi connectivity index (χ1v) is 8.52. The molecule has 128 valence electrons. The van der Waals surface area contributed by atoms with E-state index < -0.39 is 0 Å². The molecule has 0 fully saturated rings. The highest BCUT2D eigenvalue weighted by Crippen LogP contribution is 2.24. The summed E-state index contributed by atoms with van der Waals surface area (Å²) in [5, 5.41) is 4.82. The summed E-state index contributed by atoms with van der Waals surface area (Å²) in [7, 11) is 0. The molecule has 0 aliphatic heterocycles. The van der Waals surface area contributed by atoms with Crippen LogP contribution < -0.4 is 4.74 Å². The minimum Gasteiger partial charge on any atom is -0.462 e. The van der Waals surface area contributed by atoms with Gasteiger partial charge in [-0.05, 0) is 30.7 Å². The van der Waals surface area contributed by atoms with Crippen molar-refractivity contribution in [3.63, 3.8) is 0 Å². The number of hydrogen-bond acceptors (Lipinski definition) is 4. The summed E-state index contributed by atoms with van der Waals surface area (Å²) in [4.78, 5) is 17.2. The van der Waals surface area contributed by atoms with E-state index in [1.807, 2.05) is 24.3 Å². The third-order valence-corrected chi connectivity index (χ3v) is 3.85. The number of hydrogen-bond donors (Lipinski definition) is 0. The Labute approximate surface area is 151 Å². The molecule has 0 aliphatic rings. The van der Waals surface area contributed by atoms with Crippen molar-refractivity contribution in [1.82, 2.24) is 14.8 Å². The van der Waals surface area contributed by atoms with Crippen LogP contribution >= 0.6 is 11.6 Å². The van der Waals surface area contributed by atoms with Crippen molar-refractivity contribution < 1.29 is 9.53 Å². The molecule has 0 radical (unpaired) electrons. The van der Waals surface area contributed by atoms with Crippen LogP contribution in [0.1, 0.15) is 30.1 Å². The van der Waals surface area contributed by atoms with E-state index in [0.717, 1.165) is 12.8 Å². The van der Waals surface area contributed by atoms with Crippen LogP contribution in [0.25, 0.3) is 11.4 Å². The minimum absolute atomic E-state index is 0.188. The summed E-state index contributed by atoms with van der Waals surface area (Å²) in [5.41, 5.74) is 1.23. The Kier molecular flexibility index (Phi) is 5.46. The van der Waals surface area contributed by atoms with E-state index in [4.69, 9.17) is 16.3 Å². The molecule has 0 saturated carbocycles. The average Bonchev–Trinajstić information content (AvgIpc) is 3.06. The lowest BCUT2D eigenvalue weighted by Gasteiger charge is -2.04. The molecule has 0 unspecified atom stereocenters. The lowest BCUT2D eigenvalue weighted by molar-refractivity contribution is 0.0944. The van der Waals surface area contributed by atoms with E-state index >= 15 is 0 Å². The molecule has 2 aromatic carbocycles. The van der Waals surface area contributed by atoms with Gasteiger partial charge in [-0.15, -0.1) is 5.10 Å². The largest absolute Gasteiger partial charge is 0.462 e. The quantitative estimate of drug-likeness (QED) is 0.612. The highest BCUT2D eigenvalue weighted by molar-refractivity contribution is 6.30. The number of halogens is 1. The second kappa shape index (κ2) is 7.94. The predicted octanol–water partition coefficient (Wildman–Crippen LogP) is 4.47. The normalized spacial score (nSPS) is 10.6. The number of nitrogens with zero attached hydrogens (tertiary/aromatic N) is 3. The maximum absolute atomic E-state index is 12.8. The zero-order valence-corrected chi connectivity index (χ0v) is 14.6. The summed E-state index contributed by atoms with van der Waals surface area (Å²) < 4.78 is 6.84. The van der Waals surface area contributed by atoms with Gasteiger partial charge in [-0.2, -0.15) is 9.67 Å². The van der Waals surface area contributed by atoms with Gasteiger partial charge in [0.15, 0.2) is 5.82 Å². The summed E-state index contributed by atoms with van der Waals surface area (Å²) in [6.45, 7) is 2.58. The molecule has 6 heteroatoms. The number of carbonyl (C=O) groups is 1. The van der Waals surface area contributed by atoms with Gasteiger partial charge in [0, 0.05) is 16.1 Å². The number of aromatic nitrogens is 3. The number of ether oxygens (including phenoxy) is 1. The van der Waals surface area contributed by atoms with Gasteiger partial charge in [0.1, 0.15) is 0 Å². The van der Waals surface area contributed by atoms with Gasteiger partial charge in [0.2, 0.25) is 0 Å². The molecule has 0 saturated heterocycles. The molecule has 0 aliphatic carbocycles. The molecule has 1 aromatic heterocycles. The van der Waals surface area contributed by atoms with Gasteiger partial charge in [-0.1, -0.05) is 55.3 Å². The second-order valence-corrected chi connectivity index (χ2v) is 5.95. The smallest absolute Gasteiger partial charge is 0.336 e. The van der Waals surface area contributed by atoms with Crippen LogP contribution in [0.15, 0.2) is 54.6 Å². The fourth-order valence-electron chi connectivity index (χ4n) is 2.32. The van der Waals surface area contributed by atoms with Crippen molar-refractivity contribution in [3.05, 3.63) is 65.2 Å². The van der Waals surface area contributed by atoms with Gasteiger partial charge in [0.05, 0.1) is 6.61 Å². The third kappa shape index (κ3) is 4.06. The van der Waals surface area contributed by atoms with Gasteiger partial charge in [-0.3, -0.25) is 4.79 Å². The summed E-state index contributed by atoms with van der Waals surface area (Å²) in [6, 6.07) is 16.3. The molecular formula is C19H18ClN3O2. The number of carbonyl (C=O) groups excluding carboxylic acids is 1. The third-order valence-electron chi connectivity index (χ3n) is 3.61. The molecule has 5 nitrogen and oxygen atoms in total. The lowest BCUT2D eigenvalue weighted by Crippen LogP contribution is -2.15. The molecule has 0 amide bonds. The Morgan fingerprint density at radius 1 is 1.16 bits per heavy atom. The molecule has 3 rings (SSSR count). The first-order valence-electron chi connectivity index (χ1n) is 8.14. The zero-order chi connectivity index (χ0) is 17.6. The van der Waals surface area contributed by atoms with Gasteiger partial charge in [0.25, 0.3) is 5.91 Å². The molecule has 1 heterocycles. The molecule has 0 atom stereocenters. The van der Waals surface area contributed by atoms with Crippen molar-refractivity contribution in [2.75, 3.05) is 6.61 Å². The van der Waals surface area contributed by atoms with Crippen LogP contribution in [-0.2, 0) is 0 Å². The first-order chi connectivity index (χ1) is 12.2. The molecule has 0 N–H and O–H groups in total. The van der Waals surface area contributed by atoms with E-state index in [-0.39, 0.29) is 11.9 Å². The molecule has 0 bridgehead atoms. The lowest BCUT2D eigenvalue weighted by atomic mass is 10.2. The van der Waals surface area contributed by atoms with Crippen molar-refractivity contribution in [2.24, 2.45) is 0 Å². The second-order valence-electron chi connectivity index (χ2n) is 5.51. The topological polar surface area (TPSA) is 57.0 Å². The summed E-state index contributed by atoms with van der Waals surface area (Å²) >= 11 is 6.08. The van der Waals surface area contributed by atoms with E-state index in [9.17, 15) is 4.79 Å². The Hall–Kier alpha value is -2.66. The van der Waals surface area contributed by atoms with E-state index in [0.29, 0.717) is 28.6 Å². The van der Waals surface area contributed by atoms with Crippen LogP contribution in [0, 0.1) is 0 Å². The van der Waals surface area contributed by atoms with E-state index in [1.165, 1.54) is 4.68 Å². The number of benzene rings is 2. The highest BCUT2D eigenvalue weighted by atomic mass is 35.5. The monoisotopic (exact) mass is 355 g/mol. The van der Waals surface area contributed by atoms with Crippen LogP contribution in [0.4, 0.5) is 0 Å². The van der Waals surface area contributed by atoms with Gasteiger partial charge in [-0.25, -0.2) is 0 Å². The predicted molar refractivity (Wildman–Crippen MR) is 97.0 cm³/mol. The Balaban J connectivity index is 2.01. The van der Waals surface area contributed by atoms with Gasteiger partial charge < -0.3 is 4.74 Å². The maximum Gasteiger partial charge on any atom is 0.336 e. The fraction of sp³-hybridized carbons (Fsp3) is 0.211. The van der Waals surface area contributed by atoms with Crippen LogP contribution in [0.5, 0.6) is 6.01 Å². The van der Waals surface area contributed by atoms with E-state index in [1.54, 1.807) is 30.3 Å². The molecule has 0 spiro atoms. The minimum atomic E-state index is -0.270. The SMILES string of the molecule is CCCCOc1nc(-c2cccc(Cl)c2)n(C(=O)c2ccccc2)n1. The standard InChI is InChI=1S/C19H18ClN3O2/c1-2-3-12-25-19-21-17(15-10-7-11-16(20)13-15)23(22-19)18(24)14-8-5-4-6-9-14/h4-11,13H,2-3,12H2,1H3. The van der Waals surface area contributed by atoms with E-state index in [2.05, 4.69) is 17.0 Å². The number of unbranched alkanes of at least 4 members (excludes halogenated alkanes) is 1. The van der Waals surface area contributed by atoms with Crippen LogP contribution in [0.3, 0.4) is 0 Å². The fourth-order valence-corrected chi connectivity index (χ4v) is 2.51. The molecule has 3 aromatic rings. The van der Waals surface area contributed by atoms with Gasteiger partial charge >= 0.3 is 6.01 Å². The number of rotatable bonds is 6. The Morgan fingerprint density at radius 2 is 1.96 bits per heavy atom. The zero-order valence-electron chi connectivity index (χ0n) is 13.9. The van der Waals surface area contributed by atoms with Crippen molar-refractivity contribution in [2.45, 2.75) is 19.8 Å². The van der Waals surface area contributed by atoms with Crippen molar-refractivity contribution in [1.29, 1.82) is 0 Å². The Bertz CT molecular complexity index is 862. The average molecular weight is 356 g/mol. The maximum atomic E-state index is 12.8. The molecular weight excluding hydrogens is 338 g/mol. The van der Waals surface area contributed by atoms with Crippen molar-refractivity contribution >= 4 is 17.5 Å². The first kappa shape index (κ1) is 17.2. The van der Waals surface area contributed by atoms with Crippen molar-refractivity contribution in [3.8, 4) is 17.4 Å². The molecule has 25 heavy (non-hydrogen) atoms. The Morgan fingerprint density at radius 3 is 2.68 bits per heavy atom. The highest BCUT2D eigenvalue weighted by Gasteiger charge is 2.20. The summed E-state index contributed by atoms with van der Waals surface area (Å²) in [5.74, 6) is 0.135.